The lowest BCUT2D eigenvalue weighted by molar-refractivity contribution is -0.148. The molecule has 1 aliphatic rings. The molecule has 0 aromatic heterocycles. The van der Waals surface area contributed by atoms with E-state index >= 15 is 0 Å². The van der Waals surface area contributed by atoms with E-state index in [-0.39, 0.29) is 12.1 Å². The number of amides is 1. The van der Waals surface area contributed by atoms with E-state index in [1.807, 2.05) is 0 Å². The second-order valence-electron chi connectivity index (χ2n) is 7.67. The van der Waals surface area contributed by atoms with E-state index in [0.29, 0.717) is 26.2 Å². The molecule has 1 atom stereocenters. The second kappa shape index (κ2) is 15.8. The van der Waals surface area contributed by atoms with Gasteiger partial charge >= 0.3 is 12.1 Å². The molecule has 0 aliphatic carbocycles. The fourth-order valence-corrected chi connectivity index (χ4v) is 3.48. The Morgan fingerprint density at radius 1 is 0.778 bits per heavy atom. The molecule has 1 unspecified atom stereocenters. The lowest BCUT2D eigenvalue weighted by atomic mass is 10.1. The minimum absolute atomic E-state index is 0.268. The van der Waals surface area contributed by atoms with Gasteiger partial charge in [-0.15, -0.1) is 0 Å². The summed E-state index contributed by atoms with van der Waals surface area (Å²) in [5.74, 6) is -0.268. The maximum atomic E-state index is 12.3. The fourth-order valence-electron chi connectivity index (χ4n) is 3.48. The van der Waals surface area contributed by atoms with Crippen LogP contribution in [0, 0.1) is 0 Å². The number of hydrogen-bond acceptors (Lipinski definition) is 4. The highest BCUT2D eigenvalue weighted by atomic mass is 16.6. The van der Waals surface area contributed by atoms with E-state index in [1.54, 1.807) is 0 Å². The standard InChI is InChI=1S/C22H41NO4/c1-3-5-7-8-9-10-11-12-13-14-19-26-21(24)20-16-15-17-23(20)22(25)27-18-6-4-2/h20H,3-19H2,1-2H3. The average Bonchev–Trinajstić information content (AvgIpc) is 3.16. The molecule has 1 saturated heterocycles. The predicted octanol–water partition coefficient (Wildman–Crippen LogP) is 5.85. The zero-order valence-electron chi connectivity index (χ0n) is 17.7. The Morgan fingerprint density at radius 2 is 1.33 bits per heavy atom. The summed E-state index contributed by atoms with van der Waals surface area (Å²) in [6.45, 7) is 5.77. The summed E-state index contributed by atoms with van der Waals surface area (Å²) in [7, 11) is 0. The lowest BCUT2D eigenvalue weighted by Gasteiger charge is -2.22. The molecule has 0 bridgehead atoms. The molecule has 1 fully saturated rings. The van der Waals surface area contributed by atoms with Gasteiger partial charge in [-0.2, -0.15) is 0 Å². The van der Waals surface area contributed by atoms with Crippen molar-refractivity contribution in [3.63, 3.8) is 0 Å². The van der Waals surface area contributed by atoms with Gasteiger partial charge in [0.1, 0.15) is 6.04 Å². The van der Waals surface area contributed by atoms with Crippen LogP contribution in [-0.2, 0) is 14.3 Å². The average molecular weight is 384 g/mol. The van der Waals surface area contributed by atoms with Crippen molar-refractivity contribution >= 4 is 12.1 Å². The van der Waals surface area contributed by atoms with Gasteiger partial charge in [0.05, 0.1) is 13.2 Å². The summed E-state index contributed by atoms with van der Waals surface area (Å²) in [5, 5.41) is 0. The summed E-state index contributed by atoms with van der Waals surface area (Å²) < 4.78 is 10.7. The van der Waals surface area contributed by atoms with Gasteiger partial charge in [-0.1, -0.05) is 78.1 Å². The number of likely N-dealkylation sites (tertiary alicyclic amines) is 1. The molecule has 0 spiro atoms. The zero-order chi connectivity index (χ0) is 19.7. The Labute approximate surface area is 166 Å². The van der Waals surface area contributed by atoms with E-state index in [9.17, 15) is 9.59 Å². The molecule has 27 heavy (non-hydrogen) atoms. The number of unbranched alkanes of at least 4 members (excludes halogenated alkanes) is 10. The van der Waals surface area contributed by atoms with Crippen LogP contribution in [0.1, 0.15) is 104 Å². The van der Waals surface area contributed by atoms with Crippen molar-refractivity contribution in [3.8, 4) is 0 Å². The number of carbonyl (C=O) groups excluding carboxylic acids is 2. The summed E-state index contributed by atoms with van der Waals surface area (Å²) in [6, 6.07) is -0.456. The molecule has 158 valence electrons. The van der Waals surface area contributed by atoms with Crippen LogP contribution >= 0.6 is 0 Å². The predicted molar refractivity (Wildman–Crippen MR) is 109 cm³/mol. The van der Waals surface area contributed by atoms with E-state index in [1.165, 1.54) is 56.3 Å². The zero-order valence-corrected chi connectivity index (χ0v) is 17.7. The molecule has 0 aromatic rings. The molecule has 0 aromatic carbocycles. The van der Waals surface area contributed by atoms with Crippen molar-refractivity contribution in [2.75, 3.05) is 19.8 Å². The summed E-state index contributed by atoms with van der Waals surface area (Å²) >= 11 is 0. The third-order valence-electron chi connectivity index (χ3n) is 5.23. The van der Waals surface area contributed by atoms with Gasteiger partial charge in [0.2, 0.25) is 0 Å². The second-order valence-corrected chi connectivity index (χ2v) is 7.67. The van der Waals surface area contributed by atoms with Gasteiger partial charge in [-0.05, 0) is 25.7 Å². The highest BCUT2D eigenvalue weighted by Crippen LogP contribution is 2.20. The van der Waals surface area contributed by atoms with E-state index in [0.717, 1.165) is 32.1 Å². The Bertz CT molecular complexity index is 400. The van der Waals surface area contributed by atoms with Crippen LogP contribution in [0.5, 0.6) is 0 Å². The van der Waals surface area contributed by atoms with Crippen molar-refractivity contribution < 1.29 is 19.1 Å². The largest absolute Gasteiger partial charge is 0.464 e. The smallest absolute Gasteiger partial charge is 0.410 e. The first-order valence-electron chi connectivity index (χ1n) is 11.3. The van der Waals surface area contributed by atoms with Crippen LogP contribution in [0.3, 0.4) is 0 Å². The van der Waals surface area contributed by atoms with Crippen molar-refractivity contribution in [3.05, 3.63) is 0 Å². The minimum Gasteiger partial charge on any atom is -0.464 e. The van der Waals surface area contributed by atoms with Crippen LogP contribution in [0.2, 0.25) is 0 Å². The van der Waals surface area contributed by atoms with Gasteiger partial charge in [0, 0.05) is 6.54 Å². The van der Waals surface area contributed by atoms with Crippen molar-refractivity contribution in [2.45, 2.75) is 110 Å². The van der Waals surface area contributed by atoms with Crippen LogP contribution in [0.25, 0.3) is 0 Å². The van der Waals surface area contributed by atoms with E-state index in [4.69, 9.17) is 9.47 Å². The summed E-state index contributed by atoms with van der Waals surface area (Å²) in [4.78, 5) is 25.9. The van der Waals surface area contributed by atoms with Gasteiger partial charge in [0.15, 0.2) is 0 Å². The molecule has 1 aliphatic heterocycles. The molecule has 0 radical (unpaired) electrons. The van der Waals surface area contributed by atoms with Crippen molar-refractivity contribution in [2.24, 2.45) is 0 Å². The van der Waals surface area contributed by atoms with Crippen LogP contribution in [0.15, 0.2) is 0 Å². The third-order valence-corrected chi connectivity index (χ3v) is 5.23. The molecule has 1 amide bonds. The summed E-state index contributed by atoms with van der Waals surface area (Å²) in [6.07, 6.45) is 15.6. The monoisotopic (exact) mass is 383 g/mol. The number of rotatable bonds is 15. The Balaban J connectivity index is 2.06. The molecule has 5 heteroatoms. The van der Waals surface area contributed by atoms with E-state index < -0.39 is 6.04 Å². The van der Waals surface area contributed by atoms with Gasteiger partial charge in [-0.25, -0.2) is 9.59 Å². The number of nitrogens with zero attached hydrogens (tertiary/aromatic N) is 1. The molecule has 0 saturated carbocycles. The molecule has 1 heterocycles. The van der Waals surface area contributed by atoms with E-state index in [2.05, 4.69) is 13.8 Å². The first kappa shape index (κ1) is 23.8. The SMILES string of the molecule is CCCCCCCCCCCCOC(=O)C1CCCN1C(=O)OCCCC. The van der Waals surface area contributed by atoms with Gasteiger partial charge < -0.3 is 9.47 Å². The molecule has 1 rings (SSSR count). The minimum atomic E-state index is -0.456. The highest BCUT2D eigenvalue weighted by Gasteiger charge is 2.36. The lowest BCUT2D eigenvalue weighted by Crippen LogP contribution is -2.41. The fraction of sp³-hybridized carbons (Fsp3) is 0.909. The molecular formula is C22H41NO4. The normalized spacial score (nSPS) is 16.5. The van der Waals surface area contributed by atoms with Gasteiger partial charge in [0.25, 0.3) is 0 Å². The topological polar surface area (TPSA) is 55.8 Å². The quantitative estimate of drug-likeness (QED) is 0.263. The third kappa shape index (κ3) is 10.6. The molecule has 0 N–H and O–H groups in total. The number of hydrogen-bond donors (Lipinski definition) is 0. The number of esters is 1. The maximum absolute atomic E-state index is 12.3. The highest BCUT2D eigenvalue weighted by molar-refractivity contribution is 5.82. The van der Waals surface area contributed by atoms with Crippen LogP contribution in [-0.4, -0.2) is 42.8 Å². The first-order valence-corrected chi connectivity index (χ1v) is 11.3. The summed E-state index contributed by atoms with van der Waals surface area (Å²) in [5.41, 5.74) is 0. The number of carbonyl (C=O) groups is 2. The maximum Gasteiger partial charge on any atom is 0.410 e. The molecule has 5 nitrogen and oxygen atoms in total. The first-order chi connectivity index (χ1) is 13.2. The van der Waals surface area contributed by atoms with Crippen molar-refractivity contribution in [1.82, 2.24) is 4.90 Å². The Hall–Kier alpha value is -1.26. The Morgan fingerprint density at radius 3 is 1.96 bits per heavy atom. The van der Waals surface area contributed by atoms with Gasteiger partial charge in [-0.3, -0.25) is 4.90 Å². The van der Waals surface area contributed by atoms with Crippen molar-refractivity contribution in [1.29, 1.82) is 0 Å². The van der Waals surface area contributed by atoms with Crippen LogP contribution in [0.4, 0.5) is 4.79 Å². The van der Waals surface area contributed by atoms with Crippen LogP contribution < -0.4 is 0 Å². The molecular weight excluding hydrogens is 342 g/mol. The Kier molecular flexibility index (Phi) is 13.9. The number of ether oxygens (including phenoxy) is 2.